The average Bonchev–Trinajstić information content (AvgIpc) is 2.95. The maximum Gasteiger partial charge on any atom is 1.00 e. The van der Waals surface area contributed by atoms with Crippen molar-refractivity contribution in [2.24, 2.45) is 0 Å². The number of rotatable bonds is 8. The van der Waals surface area contributed by atoms with Crippen LogP contribution in [0.5, 0.6) is 6.01 Å². The number of nitrogens with two attached hydrogens (primary N) is 1. The summed E-state index contributed by atoms with van der Waals surface area (Å²) >= 11 is 6.02. The second-order valence-electron chi connectivity index (χ2n) is 10.1. The van der Waals surface area contributed by atoms with Gasteiger partial charge in [0.2, 0.25) is 11.2 Å². The molecule has 5 rings (SSSR count). The Bertz CT molecular complexity index is 2240. The predicted octanol–water partition coefficient (Wildman–Crippen LogP) is -1.80. The van der Waals surface area contributed by atoms with Crippen LogP contribution in [-0.2, 0) is 20.2 Å². The molecule has 0 saturated heterocycles. The minimum atomic E-state index is -5.04. The minimum absolute atomic E-state index is 0. The van der Waals surface area contributed by atoms with Crippen LogP contribution in [-0.4, -0.2) is 59.1 Å². The molecule has 1 aliphatic carbocycles. The van der Waals surface area contributed by atoms with Crippen LogP contribution in [0.1, 0.15) is 55.5 Å². The van der Waals surface area contributed by atoms with Crippen molar-refractivity contribution in [2.75, 3.05) is 23.0 Å². The Kier molecular flexibility index (Phi) is 12.1. The van der Waals surface area contributed by atoms with Crippen molar-refractivity contribution in [1.29, 1.82) is 0 Å². The Labute approximate surface area is 324 Å². The van der Waals surface area contributed by atoms with Gasteiger partial charge in [-0.15, -0.1) is 0 Å². The van der Waals surface area contributed by atoms with Gasteiger partial charge in [-0.1, -0.05) is 24.3 Å². The SMILES string of the molecule is CCOc1nc(Cl)nc(Nc2c(C)c(Nc3cc(S(=O)(=O)O)c(N)c4c3C(=O)c3ccccc3C4=O)c(C)c(S(=O)(=O)O)c2C)n1.[Na+].[Na+]. The first-order valence-corrected chi connectivity index (χ1v) is 16.5. The van der Waals surface area contributed by atoms with Crippen molar-refractivity contribution < 1.29 is 99.4 Å². The van der Waals surface area contributed by atoms with E-state index in [4.69, 9.17) is 22.1 Å². The van der Waals surface area contributed by atoms with Crippen LogP contribution >= 0.6 is 11.6 Å². The maximum absolute atomic E-state index is 13.8. The molecule has 1 aliphatic rings. The first-order valence-electron chi connectivity index (χ1n) is 13.3. The number of nitrogens with one attached hydrogen (secondary N) is 2. The van der Waals surface area contributed by atoms with Gasteiger partial charge in [-0.05, 0) is 62.1 Å². The summed E-state index contributed by atoms with van der Waals surface area (Å²) in [5, 5.41) is 5.49. The third-order valence-electron chi connectivity index (χ3n) is 7.27. The Morgan fingerprint density at radius 3 is 1.90 bits per heavy atom. The molecule has 0 unspecified atom stereocenters. The van der Waals surface area contributed by atoms with Gasteiger partial charge in [0.1, 0.15) is 9.79 Å². The number of nitrogen functional groups attached to an aromatic ring is 1. The van der Waals surface area contributed by atoms with Gasteiger partial charge in [0.15, 0.2) is 11.6 Å². The number of fused-ring (bicyclic) bond motifs is 2. The summed E-state index contributed by atoms with van der Waals surface area (Å²) in [4.78, 5) is 37.9. The molecule has 4 aromatic rings. The molecule has 6 N–H and O–H groups in total. The molecular weight excluding hydrogens is 710 g/mol. The molecule has 1 aromatic heterocycles. The molecular formula is C28H25ClN6Na2O9S2+2. The number of anilines is 5. The summed E-state index contributed by atoms with van der Waals surface area (Å²) in [7, 11) is -9.96. The number of carbonyl (C=O) groups excluding carboxylic acids is 2. The molecule has 0 atom stereocenters. The van der Waals surface area contributed by atoms with Gasteiger partial charge >= 0.3 is 65.1 Å². The third kappa shape index (κ3) is 7.27. The smallest absolute Gasteiger partial charge is 0.464 e. The van der Waals surface area contributed by atoms with Gasteiger partial charge in [-0.25, -0.2) is 0 Å². The monoisotopic (exact) mass is 734 g/mol. The van der Waals surface area contributed by atoms with Gasteiger partial charge in [0.05, 0.1) is 34.8 Å². The number of carbonyl (C=O) groups is 2. The Morgan fingerprint density at radius 1 is 0.833 bits per heavy atom. The number of benzene rings is 3. The Morgan fingerprint density at radius 2 is 1.38 bits per heavy atom. The van der Waals surface area contributed by atoms with Crippen molar-refractivity contribution in [3.05, 3.63) is 74.6 Å². The predicted molar refractivity (Wildman–Crippen MR) is 167 cm³/mol. The summed E-state index contributed by atoms with van der Waals surface area (Å²) in [6.45, 7) is 6.20. The molecule has 48 heavy (non-hydrogen) atoms. The van der Waals surface area contributed by atoms with E-state index in [0.29, 0.717) is 0 Å². The van der Waals surface area contributed by atoms with E-state index in [1.165, 1.54) is 38.1 Å². The maximum atomic E-state index is 13.8. The average molecular weight is 735 g/mol. The van der Waals surface area contributed by atoms with Crippen molar-refractivity contribution in [3.63, 3.8) is 0 Å². The van der Waals surface area contributed by atoms with Crippen molar-refractivity contribution in [2.45, 2.75) is 37.5 Å². The fourth-order valence-corrected chi connectivity index (χ4v) is 7.17. The Hall–Kier alpha value is -2.68. The normalized spacial score (nSPS) is 12.3. The van der Waals surface area contributed by atoms with Crippen LogP contribution in [0.15, 0.2) is 40.1 Å². The number of halogens is 1. The molecule has 3 aromatic carbocycles. The van der Waals surface area contributed by atoms with Crippen molar-refractivity contribution >= 4 is 72.1 Å². The molecule has 0 amide bonds. The number of ketones is 2. The summed E-state index contributed by atoms with van der Waals surface area (Å²) < 4.78 is 75.7. The molecule has 15 nitrogen and oxygen atoms in total. The standard InChI is InChI=1S/C28H25ClN6O9S2.2Na/c1-5-44-28-34-26(29)33-27(35-28)32-22-11(2)21(12(3)25(13(22)4)46(41,42)43)31-16-10-17(45(38,39)40)20(30)19-18(16)23(36)14-8-6-7-9-15(14)24(19)37;;/h6-10,31H,5,30H2,1-4H3,(H,38,39,40)(H,41,42,43)(H,32,33,34,35);;/q;2*+1. The van der Waals surface area contributed by atoms with Crippen LogP contribution in [0.2, 0.25) is 5.28 Å². The molecule has 1 heterocycles. The second kappa shape index (κ2) is 14.7. The second-order valence-corrected chi connectivity index (χ2v) is 13.2. The van der Waals surface area contributed by atoms with E-state index in [2.05, 4.69) is 25.6 Å². The zero-order chi connectivity index (χ0) is 33.9. The molecule has 0 bridgehead atoms. The quantitative estimate of drug-likeness (QED) is 0.0671. The summed E-state index contributed by atoms with van der Waals surface area (Å²) in [6.07, 6.45) is 0. The number of aromatic nitrogens is 3. The van der Waals surface area contributed by atoms with E-state index >= 15 is 0 Å². The van der Waals surface area contributed by atoms with Gasteiger partial charge in [-0.3, -0.25) is 18.7 Å². The van der Waals surface area contributed by atoms with Crippen molar-refractivity contribution in [1.82, 2.24) is 15.0 Å². The van der Waals surface area contributed by atoms with Crippen LogP contribution < -0.4 is 80.2 Å². The number of hydrogen-bond donors (Lipinski definition) is 5. The van der Waals surface area contributed by atoms with Crippen LogP contribution in [0.25, 0.3) is 0 Å². The van der Waals surface area contributed by atoms with Crippen LogP contribution in [0, 0.1) is 20.8 Å². The first-order chi connectivity index (χ1) is 21.4. The number of nitrogens with zero attached hydrogens (tertiary/aromatic N) is 3. The van der Waals surface area contributed by atoms with E-state index in [-0.39, 0.29) is 133 Å². The number of hydrogen-bond acceptors (Lipinski definition) is 13. The number of ether oxygens (including phenoxy) is 1. The molecule has 0 spiro atoms. The van der Waals surface area contributed by atoms with Gasteiger partial charge in [0.25, 0.3) is 20.2 Å². The Balaban J connectivity index is 0.00000312. The van der Waals surface area contributed by atoms with Gasteiger partial charge in [-0.2, -0.15) is 31.8 Å². The summed E-state index contributed by atoms with van der Waals surface area (Å²) in [5.74, 6) is -1.62. The first kappa shape index (κ1) is 39.8. The fraction of sp³-hybridized carbons (Fsp3) is 0.179. The topological polar surface area (TPSA) is 241 Å². The fourth-order valence-electron chi connectivity index (χ4n) is 5.39. The van der Waals surface area contributed by atoms with Crippen molar-refractivity contribution in [3.8, 4) is 6.01 Å². The molecule has 20 heteroatoms. The molecule has 0 aliphatic heterocycles. The van der Waals surface area contributed by atoms with E-state index < -0.39 is 52.8 Å². The van der Waals surface area contributed by atoms with Gasteiger partial charge < -0.3 is 21.1 Å². The molecule has 0 fully saturated rings. The minimum Gasteiger partial charge on any atom is -0.464 e. The van der Waals surface area contributed by atoms with Gasteiger partial charge in [0, 0.05) is 16.8 Å². The molecule has 0 saturated carbocycles. The molecule has 0 radical (unpaired) electrons. The largest absolute Gasteiger partial charge is 1.00 e. The summed E-state index contributed by atoms with van der Waals surface area (Å²) in [6, 6.07) is 6.56. The van der Waals surface area contributed by atoms with E-state index in [1.807, 2.05) is 0 Å². The van der Waals surface area contributed by atoms with Crippen LogP contribution in [0.4, 0.5) is 28.7 Å². The zero-order valence-electron chi connectivity index (χ0n) is 26.5. The van der Waals surface area contributed by atoms with E-state index in [0.717, 1.165) is 6.07 Å². The van der Waals surface area contributed by atoms with E-state index in [1.54, 1.807) is 13.8 Å². The zero-order valence-corrected chi connectivity index (χ0v) is 32.8. The third-order valence-corrected chi connectivity index (χ3v) is 9.47. The van der Waals surface area contributed by atoms with E-state index in [9.17, 15) is 35.5 Å². The summed E-state index contributed by atoms with van der Waals surface area (Å²) in [5.41, 5.74) is 4.63. The van der Waals surface area contributed by atoms with Crippen LogP contribution in [0.3, 0.4) is 0 Å². The molecule has 240 valence electrons.